The minimum absolute atomic E-state index is 0.339. The number of halogens is 1. The lowest BCUT2D eigenvalue weighted by atomic mass is 10.1. The van der Waals surface area contributed by atoms with Crippen LogP contribution in [0.2, 0.25) is 5.02 Å². The molecule has 172 valence electrons. The lowest BCUT2D eigenvalue weighted by Crippen LogP contribution is -2.50. The molecule has 1 amide bonds. The van der Waals surface area contributed by atoms with Gasteiger partial charge >= 0.3 is 6.09 Å². The van der Waals surface area contributed by atoms with E-state index in [2.05, 4.69) is 26.9 Å². The van der Waals surface area contributed by atoms with E-state index in [0.29, 0.717) is 35.9 Å². The van der Waals surface area contributed by atoms with Crippen molar-refractivity contribution in [2.45, 2.75) is 19.6 Å². The van der Waals surface area contributed by atoms with Crippen LogP contribution in [0, 0.1) is 0 Å². The maximum Gasteiger partial charge on any atom is 0.434 e. The minimum atomic E-state index is -0.619. The van der Waals surface area contributed by atoms with Crippen LogP contribution in [0.25, 0.3) is 0 Å². The van der Waals surface area contributed by atoms with Gasteiger partial charge in [-0.25, -0.2) is 4.79 Å². The Kier molecular flexibility index (Phi) is 5.74. The summed E-state index contributed by atoms with van der Waals surface area (Å²) in [6.07, 6.45) is 1.20. The zero-order chi connectivity index (χ0) is 22.9. The summed E-state index contributed by atoms with van der Waals surface area (Å²) in [6.45, 7) is 4.57. The number of piperazine rings is 1. The molecule has 5 rings (SSSR count). The van der Waals surface area contributed by atoms with Gasteiger partial charge in [0.25, 0.3) is 0 Å². The Morgan fingerprint density at radius 3 is 2.52 bits per heavy atom. The molecule has 0 aliphatic carbocycles. The molecule has 1 saturated heterocycles. The van der Waals surface area contributed by atoms with Gasteiger partial charge in [-0.15, -0.1) is 4.73 Å². The highest BCUT2D eigenvalue weighted by molar-refractivity contribution is 6.30. The molecule has 0 spiro atoms. The number of benzene rings is 1. The molecule has 4 heterocycles. The van der Waals surface area contributed by atoms with Gasteiger partial charge in [0.2, 0.25) is 11.8 Å². The van der Waals surface area contributed by atoms with E-state index in [0.717, 1.165) is 31.0 Å². The molecule has 0 saturated carbocycles. The number of nitrogens with zero attached hydrogens (tertiary/aromatic N) is 5. The summed E-state index contributed by atoms with van der Waals surface area (Å²) in [4.78, 5) is 28.1. The van der Waals surface area contributed by atoms with E-state index in [1.807, 2.05) is 24.4 Å². The Balaban J connectivity index is 1.22. The van der Waals surface area contributed by atoms with Crippen LogP contribution < -0.4 is 9.74 Å². The van der Waals surface area contributed by atoms with Crippen molar-refractivity contribution < 1.29 is 19.8 Å². The van der Waals surface area contributed by atoms with E-state index >= 15 is 0 Å². The van der Waals surface area contributed by atoms with E-state index in [1.54, 1.807) is 4.90 Å². The first-order valence-corrected chi connectivity index (χ1v) is 11.1. The zero-order valence-electron chi connectivity index (χ0n) is 17.9. The Labute approximate surface area is 195 Å². The van der Waals surface area contributed by atoms with Crippen LogP contribution in [0.4, 0.5) is 10.5 Å². The molecule has 0 radical (unpaired) electrons. The normalized spacial score (nSPS) is 16.2. The van der Waals surface area contributed by atoms with Crippen LogP contribution in [0.1, 0.15) is 16.8 Å². The lowest BCUT2D eigenvalue weighted by molar-refractivity contribution is 0.0555. The molecule has 2 N–H and O–H groups in total. The molecule has 3 aromatic rings. The van der Waals surface area contributed by atoms with Crippen LogP contribution in [0.5, 0.6) is 11.8 Å². The molecule has 10 heteroatoms. The molecular weight excluding hydrogens is 446 g/mol. The van der Waals surface area contributed by atoms with Crippen LogP contribution >= 0.6 is 11.6 Å². The number of hydrogen-bond donors (Lipinski definition) is 2. The van der Waals surface area contributed by atoms with Crippen molar-refractivity contribution in [1.82, 2.24) is 19.5 Å². The highest BCUT2D eigenvalue weighted by Gasteiger charge is 2.26. The maximum absolute atomic E-state index is 12.4. The lowest BCUT2D eigenvalue weighted by Gasteiger charge is -2.34. The molecule has 1 fully saturated rings. The average Bonchev–Trinajstić information content (AvgIpc) is 3.39. The standard InChI is InChI=1S/C23H24ClN5O4/c24-18-4-3-17(20(12-18)28-14-16-2-1-7-25-19(16)15-28)13-26-8-10-27(11-9-26)23(32)33-29-21(30)5-6-22(29)31/h1-7,12,30-31H,8-11,13-15H2. The number of rotatable bonds is 4. The second-order valence-corrected chi connectivity index (χ2v) is 8.64. The summed E-state index contributed by atoms with van der Waals surface area (Å²) >= 11 is 6.33. The first-order chi connectivity index (χ1) is 16.0. The highest BCUT2D eigenvalue weighted by Crippen LogP contribution is 2.32. The first kappa shape index (κ1) is 21.4. The predicted octanol–water partition coefficient (Wildman–Crippen LogP) is 2.83. The van der Waals surface area contributed by atoms with Crippen molar-refractivity contribution in [2.24, 2.45) is 0 Å². The summed E-state index contributed by atoms with van der Waals surface area (Å²) in [7, 11) is 0. The largest absolute Gasteiger partial charge is 0.492 e. The number of amides is 1. The summed E-state index contributed by atoms with van der Waals surface area (Å²) in [6, 6.07) is 12.5. The Bertz CT molecular complexity index is 1130. The molecule has 2 aromatic heterocycles. The number of carbonyl (C=O) groups excluding carboxylic acids is 1. The number of anilines is 1. The molecule has 2 aliphatic heterocycles. The van der Waals surface area contributed by atoms with Gasteiger partial charge < -0.3 is 24.9 Å². The van der Waals surface area contributed by atoms with Crippen LogP contribution in [0.15, 0.2) is 48.7 Å². The van der Waals surface area contributed by atoms with Crippen molar-refractivity contribution in [3.05, 3.63) is 70.5 Å². The third-order valence-corrected chi connectivity index (χ3v) is 6.30. The van der Waals surface area contributed by atoms with Crippen molar-refractivity contribution >= 4 is 23.4 Å². The van der Waals surface area contributed by atoms with Crippen molar-refractivity contribution in [3.8, 4) is 11.8 Å². The summed E-state index contributed by atoms with van der Waals surface area (Å²) in [5.41, 5.74) is 4.59. The smallest absolute Gasteiger partial charge is 0.434 e. The van der Waals surface area contributed by atoms with Gasteiger partial charge in [-0.1, -0.05) is 23.7 Å². The fourth-order valence-corrected chi connectivity index (χ4v) is 4.46. The number of aromatic hydroxyl groups is 2. The van der Waals surface area contributed by atoms with Crippen LogP contribution in [0.3, 0.4) is 0 Å². The topological polar surface area (TPSA) is 94.3 Å². The van der Waals surface area contributed by atoms with Crippen molar-refractivity contribution in [2.75, 3.05) is 31.1 Å². The fraction of sp³-hybridized carbons (Fsp3) is 0.304. The highest BCUT2D eigenvalue weighted by atomic mass is 35.5. The van der Waals surface area contributed by atoms with Gasteiger partial charge in [0, 0.05) is 68.3 Å². The number of fused-ring (bicyclic) bond motifs is 1. The fourth-order valence-electron chi connectivity index (χ4n) is 4.30. The predicted molar refractivity (Wildman–Crippen MR) is 122 cm³/mol. The van der Waals surface area contributed by atoms with Crippen molar-refractivity contribution in [3.63, 3.8) is 0 Å². The molecule has 1 aromatic carbocycles. The van der Waals surface area contributed by atoms with Gasteiger partial charge in [0.15, 0.2) is 0 Å². The monoisotopic (exact) mass is 469 g/mol. The molecule has 0 unspecified atom stereocenters. The molecule has 2 aliphatic rings. The molecular formula is C23H24ClN5O4. The maximum atomic E-state index is 12.4. The van der Waals surface area contributed by atoms with Crippen LogP contribution in [-0.2, 0) is 19.6 Å². The second kappa shape index (κ2) is 8.84. The zero-order valence-corrected chi connectivity index (χ0v) is 18.6. The van der Waals surface area contributed by atoms with Crippen molar-refractivity contribution in [1.29, 1.82) is 0 Å². The van der Waals surface area contributed by atoms with Gasteiger partial charge in [-0.2, -0.15) is 0 Å². The van der Waals surface area contributed by atoms with Gasteiger partial charge in [0.1, 0.15) is 0 Å². The summed E-state index contributed by atoms with van der Waals surface area (Å²) in [5, 5.41) is 20.0. The van der Waals surface area contributed by atoms with Gasteiger partial charge in [-0.05, 0) is 29.3 Å². The SMILES string of the molecule is O=C(On1c(O)ccc1O)N1CCN(Cc2ccc(Cl)cc2N2Cc3cccnc3C2)CC1. The number of hydrogen-bond acceptors (Lipinski definition) is 7. The summed E-state index contributed by atoms with van der Waals surface area (Å²) in [5.74, 6) is -0.678. The minimum Gasteiger partial charge on any atom is -0.492 e. The Hall–Kier alpha value is -3.43. The second-order valence-electron chi connectivity index (χ2n) is 8.20. The average molecular weight is 470 g/mol. The quantitative estimate of drug-likeness (QED) is 0.606. The van der Waals surface area contributed by atoms with Gasteiger partial charge in [0.05, 0.1) is 12.2 Å². The first-order valence-electron chi connectivity index (χ1n) is 10.7. The van der Waals surface area contributed by atoms with Crippen LogP contribution in [-0.4, -0.2) is 62.0 Å². The van der Waals surface area contributed by atoms with E-state index < -0.39 is 6.09 Å². The molecule has 0 atom stereocenters. The Morgan fingerprint density at radius 2 is 1.79 bits per heavy atom. The van der Waals surface area contributed by atoms with E-state index in [-0.39, 0.29) is 11.8 Å². The molecule has 9 nitrogen and oxygen atoms in total. The third-order valence-electron chi connectivity index (χ3n) is 6.07. The van der Waals surface area contributed by atoms with E-state index in [1.165, 1.54) is 23.3 Å². The van der Waals surface area contributed by atoms with E-state index in [9.17, 15) is 15.0 Å². The summed E-state index contributed by atoms with van der Waals surface area (Å²) < 4.78 is 0.706. The Morgan fingerprint density at radius 1 is 1.03 bits per heavy atom. The molecule has 33 heavy (non-hydrogen) atoms. The number of carbonyl (C=O) groups is 1. The number of pyridine rings is 1. The van der Waals surface area contributed by atoms with Gasteiger partial charge in [-0.3, -0.25) is 9.88 Å². The molecule has 0 bridgehead atoms. The van der Waals surface area contributed by atoms with E-state index in [4.69, 9.17) is 16.4 Å². The third kappa shape index (κ3) is 4.42. The number of aromatic nitrogens is 2.